The number of imide groups is 1. The molecule has 2 aromatic carbocycles. The van der Waals surface area contributed by atoms with Crippen molar-refractivity contribution in [2.75, 3.05) is 13.6 Å². The fourth-order valence-electron chi connectivity index (χ4n) is 3.48. The van der Waals surface area contributed by atoms with Crippen LogP contribution in [0.3, 0.4) is 0 Å². The summed E-state index contributed by atoms with van der Waals surface area (Å²) >= 11 is 0. The van der Waals surface area contributed by atoms with Gasteiger partial charge in [0.05, 0.1) is 22.9 Å². The maximum Gasteiger partial charge on any atom is 0.262 e. The zero-order valence-corrected chi connectivity index (χ0v) is 16.9. The SMILES string of the molecule is Cc1ccc2c(c1)C(=O)N(CC(=O)N(C)C(C)c1ccc(-n3cncn3)cc1)C2=O. The summed E-state index contributed by atoms with van der Waals surface area (Å²) in [5.41, 5.74) is 3.37. The van der Waals surface area contributed by atoms with Crippen LogP contribution in [0, 0.1) is 6.92 Å². The molecule has 1 aliphatic rings. The molecule has 1 atom stereocenters. The van der Waals surface area contributed by atoms with Crippen molar-refractivity contribution in [3.8, 4) is 5.69 Å². The number of hydrogen-bond donors (Lipinski definition) is 0. The van der Waals surface area contributed by atoms with Crippen LogP contribution in [-0.2, 0) is 4.79 Å². The number of likely N-dealkylation sites (N-methyl/N-ethyl adjacent to an activating group) is 1. The minimum atomic E-state index is -0.429. The van der Waals surface area contributed by atoms with Crippen LogP contribution in [0.25, 0.3) is 5.69 Å². The molecule has 8 heteroatoms. The number of amides is 3. The van der Waals surface area contributed by atoms with Crippen molar-refractivity contribution < 1.29 is 14.4 Å². The highest BCUT2D eigenvalue weighted by atomic mass is 16.2. The molecule has 0 bridgehead atoms. The average molecular weight is 403 g/mol. The molecule has 0 fully saturated rings. The van der Waals surface area contributed by atoms with Crippen LogP contribution in [0.4, 0.5) is 0 Å². The molecule has 8 nitrogen and oxygen atoms in total. The number of rotatable bonds is 5. The monoisotopic (exact) mass is 403 g/mol. The lowest BCUT2D eigenvalue weighted by Crippen LogP contribution is -2.42. The van der Waals surface area contributed by atoms with Gasteiger partial charge in [0, 0.05) is 7.05 Å². The molecule has 152 valence electrons. The van der Waals surface area contributed by atoms with Crippen molar-refractivity contribution in [1.82, 2.24) is 24.6 Å². The Morgan fingerprint density at radius 2 is 1.77 bits per heavy atom. The molecule has 0 saturated heterocycles. The van der Waals surface area contributed by atoms with E-state index in [0.717, 1.165) is 21.7 Å². The molecule has 0 radical (unpaired) electrons. The predicted molar refractivity (Wildman–Crippen MR) is 109 cm³/mol. The summed E-state index contributed by atoms with van der Waals surface area (Å²) in [6.07, 6.45) is 3.07. The molecule has 1 aromatic heterocycles. The van der Waals surface area contributed by atoms with E-state index in [1.165, 1.54) is 6.33 Å². The Balaban J connectivity index is 1.46. The molecule has 0 saturated carbocycles. The van der Waals surface area contributed by atoms with Gasteiger partial charge in [-0.1, -0.05) is 23.8 Å². The van der Waals surface area contributed by atoms with Crippen LogP contribution in [0.15, 0.2) is 55.1 Å². The Kier molecular flexibility index (Phi) is 4.91. The molecule has 30 heavy (non-hydrogen) atoms. The molecular weight excluding hydrogens is 382 g/mol. The molecule has 2 heterocycles. The first-order chi connectivity index (χ1) is 14.4. The lowest BCUT2D eigenvalue weighted by atomic mass is 10.1. The number of fused-ring (bicyclic) bond motifs is 1. The summed E-state index contributed by atoms with van der Waals surface area (Å²) < 4.78 is 1.65. The van der Waals surface area contributed by atoms with Crippen molar-refractivity contribution in [3.63, 3.8) is 0 Å². The summed E-state index contributed by atoms with van der Waals surface area (Å²) in [7, 11) is 1.67. The zero-order valence-electron chi connectivity index (χ0n) is 16.9. The van der Waals surface area contributed by atoms with E-state index in [1.54, 1.807) is 41.2 Å². The lowest BCUT2D eigenvalue weighted by Gasteiger charge is -2.27. The third-order valence-corrected chi connectivity index (χ3v) is 5.45. The largest absolute Gasteiger partial charge is 0.337 e. The normalized spacial score (nSPS) is 14.0. The number of aromatic nitrogens is 3. The number of carbonyl (C=O) groups is 3. The molecule has 1 unspecified atom stereocenters. The summed E-state index contributed by atoms with van der Waals surface area (Å²) in [5.74, 6) is -1.17. The van der Waals surface area contributed by atoms with E-state index in [9.17, 15) is 14.4 Å². The highest BCUT2D eigenvalue weighted by molar-refractivity contribution is 6.22. The van der Waals surface area contributed by atoms with Gasteiger partial charge in [0.2, 0.25) is 5.91 Å². The highest BCUT2D eigenvalue weighted by Crippen LogP contribution is 2.25. The second-order valence-corrected chi connectivity index (χ2v) is 7.36. The Morgan fingerprint density at radius 1 is 1.07 bits per heavy atom. The van der Waals surface area contributed by atoms with Crippen molar-refractivity contribution in [1.29, 1.82) is 0 Å². The van der Waals surface area contributed by atoms with Crippen LogP contribution in [0.2, 0.25) is 0 Å². The van der Waals surface area contributed by atoms with Gasteiger partial charge in [0.15, 0.2) is 0 Å². The fraction of sp³-hybridized carbons (Fsp3) is 0.227. The Hall–Kier alpha value is -3.81. The summed E-state index contributed by atoms with van der Waals surface area (Å²) in [6, 6.07) is 12.5. The van der Waals surface area contributed by atoms with E-state index in [2.05, 4.69) is 10.1 Å². The van der Waals surface area contributed by atoms with E-state index in [0.29, 0.717) is 11.1 Å². The van der Waals surface area contributed by atoms with Gasteiger partial charge in [0.25, 0.3) is 11.8 Å². The van der Waals surface area contributed by atoms with Gasteiger partial charge < -0.3 is 4.90 Å². The standard InChI is InChI=1S/C22H21N5O3/c1-14-4-9-18-19(10-14)22(30)26(21(18)29)11-20(28)25(3)15(2)16-5-7-17(8-6-16)27-13-23-12-24-27/h4-10,12-13,15H,11H2,1-3H3. The van der Waals surface area contributed by atoms with E-state index in [1.807, 2.05) is 38.1 Å². The fourth-order valence-corrected chi connectivity index (χ4v) is 3.48. The first-order valence-corrected chi connectivity index (χ1v) is 9.54. The molecule has 1 aliphatic heterocycles. The first-order valence-electron chi connectivity index (χ1n) is 9.54. The van der Waals surface area contributed by atoms with Crippen molar-refractivity contribution in [2.24, 2.45) is 0 Å². The summed E-state index contributed by atoms with van der Waals surface area (Å²) in [6.45, 7) is 3.47. The van der Waals surface area contributed by atoms with Gasteiger partial charge in [-0.3, -0.25) is 19.3 Å². The van der Waals surface area contributed by atoms with Crippen LogP contribution >= 0.6 is 0 Å². The maximum atomic E-state index is 12.8. The molecule has 0 N–H and O–H groups in total. The van der Waals surface area contributed by atoms with Crippen molar-refractivity contribution in [2.45, 2.75) is 19.9 Å². The van der Waals surface area contributed by atoms with Crippen molar-refractivity contribution in [3.05, 3.63) is 77.4 Å². The van der Waals surface area contributed by atoms with E-state index in [4.69, 9.17) is 0 Å². The number of nitrogens with zero attached hydrogens (tertiary/aromatic N) is 5. The summed E-state index contributed by atoms with van der Waals surface area (Å²) in [5, 5.41) is 4.09. The predicted octanol–water partition coefficient (Wildman–Crippen LogP) is 2.39. The van der Waals surface area contributed by atoms with Gasteiger partial charge in [-0.2, -0.15) is 5.10 Å². The second-order valence-electron chi connectivity index (χ2n) is 7.36. The van der Waals surface area contributed by atoms with Crippen LogP contribution < -0.4 is 0 Å². The Morgan fingerprint density at radius 3 is 2.43 bits per heavy atom. The molecule has 0 spiro atoms. The Bertz CT molecular complexity index is 1120. The number of hydrogen-bond acceptors (Lipinski definition) is 5. The van der Waals surface area contributed by atoms with Crippen LogP contribution in [0.1, 0.15) is 44.8 Å². The third-order valence-electron chi connectivity index (χ3n) is 5.45. The van der Waals surface area contributed by atoms with Gasteiger partial charge in [-0.15, -0.1) is 0 Å². The quantitative estimate of drug-likeness (QED) is 0.611. The molecular formula is C22H21N5O3. The van der Waals surface area contributed by atoms with Gasteiger partial charge in [-0.25, -0.2) is 9.67 Å². The molecule has 3 aromatic rings. The van der Waals surface area contributed by atoms with E-state index >= 15 is 0 Å². The lowest BCUT2D eigenvalue weighted by molar-refractivity contribution is -0.132. The second kappa shape index (κ2) is 7.55. The van der Waals surface area contributed by atoms with Crippen molar-refractivity contribution >= 4 is 17.7 Å². The first kappa shape index (κ1) is 19.5. The highest BCUT2D eigenvalue weighted by Gasteiger charge is 2.37. The smallest absolute Gasteiger partial charge is 0.262 e. The summed E-state index contributed by atoms with van der Waals surface area (Å²) in [4.78, 5) is 44.5. The molecule has 0 aliphatic carbocycles. The minimum absolute atomic E-state index is 0.236. The minimum Gasteiger partial charge on any atom is -0.337 e. The number of aryl methyl sites for hydroxylation is 1. The zero-order chi connectivity index (χ0) is 21.4. The van der Waals surface area contributed by atoms with Crippen LogP contribution in [-0.4, -0.2) is 55.9 Å². The average Bonchev–Trinajstić information content (AvgIpc) is 3.36. The van der Waals surface area contributed by atoms with Gasteiger partial charge in [0.1, 0.15) is 19.2 Å². The molecule has 4 rings (SSSR count). The van der Waals surface area contributed by atoms with E-state index < -0.39 is 11.8 Å². The Labute approximate surface area is 173 Å². The van der Waals surface area contributed by atoms with E-state index in [-0.39, 0.29) is 18.5 Å². The number of benzene rings is 2. The van der Waals surface area contributed by atoms with Gasteiger partial charge in [-0.05, 0) is 43.7 Å². The third kappa shape index (κ3) is 3.36. The van der Waals surface area contributed by atoms with Crippen LogP contribution in [0.5, 0.6) is 0 Å². The maximum absolute atomic E-state index is 12.8. The van der Waals surface area contributed by atoms with Gasteiger partial charge >= 0.3 is 0 Å². The topological polar surface area (TPSA) is 88.4 Å². The number of carbonyl (C=O) groups excluding carboxylic acids is 3. The molecule has 3 amide bonds.